The molecular weight excluding hydrogens is 691 g/mol. The van der Waals surface area contributed by atoms with Gasteiger partial charge in [0.15, 0.2) is 36.2 Å². The van der Waals surface area contributed by atoms with Crippen LogP contribution in [0.3, 0.4) is 0 Å². The molecule has 3 aromatic heterocycles. The monoisotopic (exact) mass is 714 g/mol. The smallest absolute Gasteiger partial charge is 0.382 e. The number of hydrogen-bond acceptors (Lipinski definition) is 17. The maximum atomic E-state index is 16.1. The van der Waals surface area contributed by atoms with E-state index >= 15 is 4.39 Å². The molecule has 7 rings (SSSR count). The molecule has 242 valence electrons. The first-order valence-electron chi connectivity index (χ1n) is 13.3. The van der Waals surface area contributed by atoms with Gasteiger partial charge in [-0.25, -0.2) is 28.6 Å². The lowest BCUT2D eigenvalue weighted by molar-refractivity contribution is -0.0593. The average molecular weight is 715 g/mol. The van der Waals surface area contributed by atoms with E-state index in [9.17, 15) is 13.9 Å². The van der Waals surface area contributed by atoms with Crippen molar-refractivity contribution in [1.29, 1.82) is 0 Å². The highest BCUT2D eigenvalue weighted by Gasteiger charge is 2.54. The number of nitrogens with zero attached hydrogens (tertiary/aromatic N) is 7. The zero-order valence-corrected chi connectivity index (χ0v) is 26.6. The van der Waals surface area contributed by atoms with Crippen molar-refractivity contribution in [2.75, 3.05) is 18.9 Å². The van der Waals surface area contributed by atoms with E-state index in [0.29, 0.717) is 15.9 Å². The molecule has 3 aliphatic heterocycles. The van der Waals surface area contributed by atoms with Crippen LogP contribution in [0.1, 0.15) is 22.8 Å². The summed E-state index contributed by atoms with van der Waals surface area (Å²) >= 11 is 4.07. The summed E-state index contributed by atoms with van der Waals surface area (Å²) in [7, 11) is -2.50. The molecule has 2 bridgehead atoms. The van der Waals surface area contributed by atoms with Gasteiger partial charge >= 0.3 is 15.1 Å². The molecule has 9 atom stereocenters. The summed E-state index contributed by atoms with van der Waals surface area (Å²) in [6, 6.07) is 4.68. The minimum Gasteiger partial charge on any atom is -0.382 e. The van der Waals surface area contributed by atoms with Crippen LogP contribution in [0.4, 0.5) is 10.2 Å². The SMILES string of the molecule is C=C1[C@H]2O[P+](=O)OC[C@H]3O[C@@H](n4cnc5c(N)ncnc54)[C@H](F)[C@@H]3OP(=O)(SS)OC[C@H]1O[C@H]2n1nnc2c(C(N)=O)cccc21. The van der Waals surface area contributed by atoms with Crippen LogP contribution in [0.5, 0.6) is 0 Å². The average Bonchev–Trinajstić information content (AvgIpc) is 3.80. The Balaban J connectivity index is 1.20. The Hall–Kier alpha value is -3.10. The standard InChI is InChI=1S/C23H22FN9O9P2S2/c1-9-12-6-38-44(36,46-45)42-18-13(40-22(14(18)24)32-8-29-16-19(25)27-7-28-21(16)32)5-37-43(35)41-17(9)23(39-12)33-11-4-2-3-10(20(26)34)15(11)30-31-33/h2-4,7-8,12-14,17-18,22-23H,1,5-6H2,(H4-,25,26,27,28,34,45)/p+1/t12-,13-,14-,17-,18-,22-,23-,44?/m1/s1. The number of hydrogen-bond donors (Lipinski definition) is 3. The van der Waals surface area contributed by atoms with Crippen molar-refractivity contribution >= 4 is 71.0 Å². The van der Waals surface area contributed by atoms with Gasteiger partial charge in [0.25, 0.3) is 5.91 Å². The van der Waals surface area contributed by atoms with Gasteiger partial charge in [-0.05, 0) is 17.7 Å². The Morgan fingerprint density at radius 3 is 2.80 bits per heavy atom. The van der Waals surface area contributed by atoms with E-state index in [1.165, 1.54) is 28.0 Å². The molecule has 18 nitrogen and oxygen atoms in total. The fourth-order valence-electron chi connectivity index (χ4n) is 5.37. The molecule has 2 unspecified atom stereocenters. The van der Waals surface area contributed by atoms with Crippen molar-refractivity contribution in [2.45, 2.75) is 43.0 Å². The van der Waals surface area contributed by atoms with E-state index in [1.807, 2.05) is 0 Å². The summed E-state index contributed by atoms with van der Waals surface area (Å²) in [6.07, 6.45) is -7.04. The third-order valence-electron chi connectivity index (χ3n) is 7.56. The Kier molecular flexibility index (Phi) is 8.33. The number of rotatable bonds is 4. The second-order valence-corrected chi connectivity index (χ2v) is 15.9. The van der Waals surface area contributed by atoms with E-state index in [0.717, 1.165) is 0 Å². The molecule has 0 aliphatic carbocycles. The highest BCUT2D eigenvalue weighted by Crippen LogP contribution is 2.65. The molecule has 4 aromatic rings. The van der Waals surface area contributed by atoms with Crippen LogP contribution in [0.25, 0.3) is 22.2 Å². The highest BCUT2D eigenvalue weighted by atomic mass is 33.3. The molecule has 1 amide bonds. The van der Waals surface area contributed by atoms with Gasteiger partial charge in [0.2, 0.25) is 0 Å². The van der Waals surface area contributed by atoms with Gasteiger partial charge in [-0.2, -0.15) is 0 Å². The van der Waals surface area contributed by atoms with Gasteiger partial charge in [-0.3, -0.25) is 18.4 Å². The first-order chi connectivity index (χ1) is 22.1. The van der Waals surface area contributed by atoms with Gasteiger partial charge in [0.1, 0.15) is 42.3 Å². The van der Waals surface area contributed by atoms with E-state index in [4.69, 9.17) is 39.0 Å². The molecule has 3 saturated heterocycles. The fourth-order valence-corrected chi connectivity index (χ4v) is 8.65. The summed E-state index contributed by atoms with van der Waals surface area (Å²) in [6.45, 7) is -1.17. The first kappa shape index (κ1) is 31.5. The van der Waals surface area contributed by atoms with Crippen LogP contribution >= 0.6 is 37.1 Å². The topological polar surface area (TPSA) is 233 Å². The number of benzene rings is 1. The normalized spacial score (nSPS) is 33.0. The van der Waals surface area contributed by atoms with Gasteiger partial charge < -0.3 is 20.9 Å². The summed E-state index contributed by atoms with van der Waals surface area (Å²) in [5.41, 5.74) is 12.6. The summed E-state index contributed by atoms with van der Waals surface area (Å²) < 4.78 is 80.3. The number of fused-ring (bicyclic) bond motifs is 5. The maximum Gasteiger partial charge on any atom is 0.698 e. The molecule has 1 aromatic carbocycles. The number of ether oxygens (including phenoxy) is 2. The van der Waals surface area contributed by atoms with Gasteiger partial charge in [-0.1, -0.05) is 29.5 Å². The molecule has 4 N–H and O–H groups in total. The summed E-state index contributed by atoms with van der Waals surface area (Å²) in [4.78, 5) is 24.1. The number of carbonyl (C=O) groups is 1. The van der Waals surface area contributed by atoms with E-state index in [-0.39, 0.29) is 33.6 Å². The second-order valence-electron chi connectivity index (χ2n) is 10.2. The number of nitrogen functional groups attached to an aromatic ring is 1. The lowest BCUT2D eigenvalue weighted by Gasteiger charge is -2.24. The Morgan fingerprint density at radius 1 is 1.20 bits per heavy atom. The van der Waals surface area contributed by atoms with Crippen molar-refractivity contribution in [1.82, 2.24) is 34.5 Å². The Labute approximate surface area is 267 Å². The van der Waals surface area contributed by atoms with Crippen LogP contribution in [-0.2, 0) is 36.7 Å². The van der Waals surface area contributed by atoms with Crippen molar-refractivity contribution in [2.24, 2.45) is 5.73 Å². The number of aromatic nitrogens is 7. The summed E-state index contributed by atoms with van der Waals surface area (Å²) in [5, 5.41) is 8.17. The third kappa shape index (κ3) is 5.39. The zero-order chi connectivity index (χ0) is 32.3. The number of thiol groups is 1. The van der Waals surface area contributed by atoms with Crippen molar-refractivity contribution in [3.8, 4) is 0 Å². The zero-order valence-electron chi connectivity index (χ0n) is 23.1. The first-order valence-corrected chi connectivity index (χ1v) is 18.4. The third-order valence-corrected chi connectivity index (χ3v) is 12.5. The van der Waals surface area contributed by atoms with Crippen molar-refractivity contribution < 1.29 is 45.9 Å². The van der Waals surface area contributed by atoms with Gasteiger partial charge in [0, 0.05) is 15.0 Å². The molecule has 0 spiro atoms. The fraction of sp³-hybridized carbons (Fsp3) is 0.391. The van der Waals surface area contributed by atoms with Crippen LogP contribution in [-0.4, -0.2) is 84.2 Å². The number of nitrogens with two attached hydrogens (primary N) is 2. The molecule has 0 radical (unpaired) electrons. The highest BCUT2D eigenvalue weighted by molar-refractivity contribution is 8.93. The van der Waals surface area contributed by atoms with Gasteiger partial charge in [0.05, 0.1) is 24.0 Å². The van der Waals surface area contributed by atoms with Crippen LogP contribution in [0.2, 0.25) is 0 Å². The minimum absolute atomic E-state index is 0.0711. The number of alkyl halides is 1. The number of primary amides is 1. The Morgan fingerprint density at radius 2 is 2.02 bits per heavy atom. The van der Waals surface area contributed by atoms with Crippen molar-refractivity contribution in [3.63, 3.8) is 0 Å². The molecule has 0 saturated carbocycles. The van der Waals surface area contributed by atoms with Crippen LogP contribution in [0.15, 0.2) is 43.0 Å². The van der Waals surface area contributed by atoms with Gasteiger partial charge in [-0.15, -0.1) is 14.1 Å². The van der Waals surface area contributed by atoms with E-state index in [2.05, 4.69) is 43.5 Å². The number of imidazole rings is 1. The lowest BCUT2D eigenvalue weighted by Crippen LogP contribution is -2.33. The number of halogens is 1. The lowest BCUT2D eigenvalue weighted by atomic mass is 10.1. The van der Waals surface area contributed by atoms with Crippen LogP contribution in [0, 0.1) is 0 Å². The molecular formula is C23H23FN9O9P2S2+. The molecule has 3 aliphatic rings. The number of amides is 1. The number of anilines is 1. The van der Waals surface area contributed by atoms with E-state index < -0.39 is 77.2 Å². The van der Waals surface area contributed by atoms with Crippen molar-refractivity contribution in [3.05, 3.63) is 48.6 Å². The van der Waals surface area contributed by atoms with E-state index in [1.54, 1.807) is 12.1 Å². The predicted molar refractivity (Wildman–Crippen MR) is 161 cm³/mol. The molecule has 46 heavy (non-hydrogen) atoms. The Bertz CT molecular complexity index is 1930. The minimum atomic E-state index is -4.22. The summed E-state index contributed by atoms with van der Waals surface area (Å²) in [5.74, 6) is -0.648. The molecule has 6 heterocycles. The van der Waals surface area contributed by atoms with Crippen LogP contribution < -0.4 is 11.5 Å². The predicted octanol–water partition coefficient (Wildman–Crippen LogP) is 2.80. The number of carbonyl (C=O) groups excluding carboxylic acids is 1. The second kappa shape index (κ2) is 12.2. The molecule has 23 heteroatoms. The quantitative estimate of drug-likeness (QED) is 0.119. The maximum absolute atomic E-state index is 16.1. The molecule has 3 fully saturated rings. The largest absolute Gasteiger partial charge is 0.698 e.